The van der Waals surface area contributed by atoms with Crippen LogP contribution in [0.15, 0.2) is 48.5 Å². The number of phenolic OH excluding ortho intramolecular Hbond substituents is 2. The summed E-state index contributed by atoms with van der Waals surface area (Å²) < 4.78 is 0. The first-order valence-corrected chi connectivity index (χ1v) is 17.0. The minimum atomic E-state index is -1.48. The van der Waals surface area contributed by atoms with Crippen molar-refractivity contribution in [3.63, 3.8) is 0 Å². The van der Waals surface area contributed by atoms with Gasteiger partial charge >= 0.3 is 11.9 Å². The highest BCUT2D eigenvalue weighted by Crippen LogP contribution is 2.15. The Labute approximate surface area is 288 Å². The van der Waals surface area contributed by atoms with E-state index >= 15 is 0 Å². The maximum absolute atomic E-state index is 13.8. The van der Waals surface area contributed by atoms with E-state index in [4.69, 9.17) is 10.8 Å². The highest BCUT2D eigenvalue weighted by molar-refractivity contribution is 7.98. The summed E-state index contributed by atoms with van der Waals surface area (Å²) in [6.45, 7) is 3.47. The molecule has 15 nitrogen and oxygen atoms in total. The number of benzene rings is 2. The van der Waals surface area contributed by atoms with Crippen LogP contribution < -0.4 is 27.0 Å². The molecule has 16 heteroatoms. The topological polar surface area (TPSA) is 257 Å². The molecule has 4 amide bonds. The minimum absolute atomic E-state index is 0.0359. The number of amides is 4. The summed E-state index contributed by atoms with van der Waals surface area (Å²) in [7, 11) is 0. The molecule has 2 aromatic carbocycles. The van der Waals surface area contributed by atoms with E-state index in [-0.39, 0.29) is 30.8 Å². The summed E-state index contributed by atoms with van der Waals surface area (Å²) in [5.74, 6) is -5.85. The van der Waals surface area contributed by atoms with E-state index in [1.807, 2.05) is 0 Å². The SMILES string of the molecule is CC[C@H](C)[C@H](NC(=O)[C@H](CCSC)NC(=O)[C@H](Cc1ccc(O)cc1)NC(=O)[C@H](Cc1ccc(O)cc1)NC(=O)[C@@H](N)CC(=O)O)C(=O)O. The maximum atomic E-state index is 13.8. The number of phenols is 2. The highest BCUT2D eigenvalue weighted by Gasteiger charge is 2.33. The van der Waals surface area contributed by atoms with Crippen LogP contribution in [0.1, 0.15) is 44.2 Å². The van der Waals surface area contributed by atoms with Gasteiger partial charge < -0.3 is 47.4 Å². The smallest absolute Gasteiger partial charge is 0.326 e. The predicted molar refractivity (Wildman–Crippen MR) is 182 cm³/mol. The zero-order valence-corrected chi connectivity index (χ0v) is 28.4. The molecule has 0 aliphatic rings. The average Bonchev–Trinajstić information content (AvgIpc) is 3.05. The molecule has 6 atom stereocenters. The second-order valence-electron chi connectivity index (χ2n) is 11.6. The van der Waals surface area contributed by atoms with E-state index in [2.05, 4.69) is 21.3 Å². The predicted octanol–water partition coefficient (Wildman–Crippen LogP) is 0.508. The lowest BCUT2D eigenvalue weighted by Gasteiger charge is -2.27. The number of carboxylic acid groups (broad SMARTS) is 2. The van der Waals surface area contributed by atoms with Crippen molar-refractivity contribution in [2.45, 2.75) is 76.2 Å². The molecule has 0 saturated heterocycles. The van der Waals surface area contributed by atoms with E-state index < -0.39 is 78.1 Å². The third-order valence-corrected chi connectivity index (χ3v) is 8.41. The van der Waals surface area contributed by atoms with Crippen LogP contribution in [-0.2, 0) is 41.6 Å². The second kappa shape index (κ2) is 19.9. The van der Waals surface area contributed by atoms with Crippen LogP contribution in [0.3, 0.4) is 0 Å². The van der Waals surface area contributed by atoms with Crippen LogP contribution in [-0.4, -0.2) is 98.2 Å². The third-order valence-electron chi connectivity index (χ3n) is 7.77. The molecule has 0 unspecified atom stereocenters. The van der Waals surface area contributed by atoms with Gasteiger partial charge in [-0.3, -0.25) is 24.0 Å². The molecule has 2 rings (SSSR count). The molecule has 0 spiro atoms. The van der Waals surface area contributed by atoms with Crippen molar-refractivity contribution in [2.75, 3.05) is 12.0 Å². The molecule has 0 bridgehead atoms. The standard InChI is InChI=1S/C33H45N5O10S/c1-4-18(2)28(33(47)48)38-30(44)24(13-14-49-3)35-31(45)26(16-20-7-11-22(40)12-8-20)37-32(46)25(15-19-5-9-21(39)10-6-19)36-29(43)23(34)17-27(41)42/h5-12,18,23-26,28,39-40H,4,13-17,34H2,1-3H3,(H,35,45)(H,36,43)(H,37,46)(H,38,44)(H,41,42)(H,47,48)/t18-,23-,24-,25-,26-,28-/m0/s1. The van der Waals surface area contributed by atoms with Crippen molar-refractivity contribution in [1.82, 2.24) is 21.3 Å². The quantitative estimate of drug-likeness (QED) is 0.0914. The van der Waals surface area contributed by atoms with E-state index in [1.165, 1.54) is 60.3 Å². The first-order valence-electron chi connectivity index (χ1n) is 15.6. The Hall–Kier alpha value is -4.83. The van der Waals surface area contributed by atoms with Gasteiger partial charge in [0.15, 0.2) is 0 Å². The van der Waals surface area contributed by atoms with Crippen LogP contribution >= 0.6 is 11.8 Å². The number of aliphatic carboxylic acids is 2. The number of nitrogens with one attached hydrogen (secondary N) is 4. The Bertz CT molecular complexity index is 1440. The van der Waals surface area contributed by atoms with Crippen LogP contribution in [0.25, 0.3) is 0 Å². The van der Waals surface area contributed by atoms with Gasteiger partial charge in [-0.05, 0) is 59.7 Å². The number of carbonyl (C=O) groups is 6. The molecule has 0 fully saturated rings. The molecule has 2 aromatic rings. The summed E-state index contributed by atoms with van der Waals surface area (Å²) >= 11 is 1.41. The number of hydrogen-bond donors (Lipinski definition) is 9. The van der Waals surface area contributed by atoms with Crippen LogP contribution in [0.5, 0.6) is 11.5 Å². The van der Waals surface area contributed by atoms with Crippen molar-refractivity contribution in [1.29, 1.82) is 0 Å². The van der Waals surface area contributed by atoms with Gasteiger partial charge in [0.05, 0.1) is 12.5 Å². The molecular formula is C33H45N5O10S. The molecule has 49 heavy (non-hydrogen) atoms. The van der Waals surface area contributed by atoms with Crippen LogP contribution in [0, 0.1) is 5.92 Å². The van der Waals surface area contributed by atoms with Crippen LogP contribution in [0.4, 0.5) is 0 Å². The lowest BCUT2D eigenvalue weighted by Crippen LogP contribution is -2.59. The number of nitrogens with two attached hydrogens (primary N) is 1. The molecule has 0 heterocycles. The summed E-state index contributed by atoms with van der Waals surface area (Å²) in [6.07, 6.45) is 1.47. The molecule has 10 N–H and O–H groups in total. The third kappa shape index (κ3) is 13.7. The van der Waals surface area contributed by atoms with E-state index in [9.17, 15) is 44.1 Å². The molecule has 0 radical (unpaired) electrons. The van der Waals surface area contributed by atoms with Gasteiger partial charge in [0.1, 0.15) is 35.7 Å². The van der Waals surface area contributed by atoms with E-state index in [0.29, 0.717) is 23.3 Å². The summed E-state index contributed by atoms with van der Waals surface area (Å²) in [5, 5.41) is 48.4. The van der Waals surface area contributed by atoms with Gasteiger partial charge in [0.25, 0.3) is 0 Å². The zero-order valence-electron chi connectivity index (χ0n) is 27.5. The number of hydrogen-bond acceptors (Lipinski definition) is 10. The molecule has 0 aromatic heterocycles. The average molecular weight is 704 g/mol. The largest absolute Gasteiger partial charge is 0.508 e. The lowest BCUT2D eigenvalue weighted by molar-refractivity contribution is -0.144. The van der Waals surface area contributed by atoms with E-state index in [1.54, 1.807) is 20.1 Å². The number of rotatable bonds is 20. The normalized spacial score (nSPS) is 14.6. The zero-order chi connectivity index (χ0) is 36.7. The number of aromatic hydroxyl groups is 2. The Morgan fingerprint density at radius 1 is 0.714 bits per heavy atom. The maximum Gasteiger partial charge on any atom is 0.326 e. The Morgan fingerprint density at radius 3 is 1.55 bits per heavy atom. The molecule has 0 saturated carbocycles. The Kier molecular flexibility index (Phi) is 16.4. The fourth-order valence-corrected chi connectivity index (χ4v) is 5.17. The van der Waals surface area contributed by atoms with Gasteiger partial charge in [0, 0.05) is 12.8 Å². The van der Waals surface area contributed by atoms with Crippen molar-refractivity contribution < 1.29 is 49.2 Å². The minimum Gasteiger partial charge on any atom is -0.508 e. The number of carboxylic acids is 2. The fourth-order valence-electron chi connectivity index (χ4n) is 4.70. The Balaban J connectivity index is 2.42. The first-order chi connectivity index (χ1) is 23.1. The molecular weight excluding hydrogens is 658 g/mol. The van der Waals surface area contributed by atoms with Gasteiger partial charge in [-0.2, -0.15) is 11.8 Å². The van der Waals surface area contributed by atoms with Crippen molar-refractivity contribution >= 4 is 47.3 Å². The first kappa shape index (κ1) is 40.3. The lowest BCUT2D eigenvalue weighted by atomic mass is 9.98. The van der Waals surface area contributed by atoms with Crippen molar-refractivity contribution in [3.8, 4) is 11.5 Å². The van der Waals surface area contributed by atoms with Crippen molar-refractivity contribution in [3.05, 3.63) is 59.7 Å². The molecule has 0 aliphatic carbocycles. The van der Waals surface area contributed by atoms with Gasteiger partial charge in [-0.25, -0.2) is 4.79 Å². The summed E-state index contributed by atoms with van der Waals surface area (Å²) in [4.78, 5) is 76.7. The summed E-state index contributed by atoms with van der Waals surface area (Å²) in [5.41, 5.74) is 6.76. The van der Waals surface area contributed by atoms with Gasteiger partial charge in [-0.15, -0.1) is 0 Å². The number of thioether (sulfide) groups is 1. The Morgan fingerprint density at radius 2 is 1.14 bits per heavy atom. The van der Waals surface area contributed by atoms with Gasteiger partial charge in [-0.1, -0.05) is 44.5 Å². The highest BCUT2D eigenvalue weighted by atomic mass is 32.2. The fraction of sp³-hybridized carbons (Fsp3) is 0.455. The molecule has 268 valence electrons. The van der Waals surface area contributed by atoms with Gasteiger partial charge in [0.2, 0.25) is 23.6 Å². The monoisotopic (exact) mass is 703 g/mol. The number of carbonyl (C=O) groups excluding carboxylic acids is 4. The van der Waals surface area contributed by atoms with E-state index in [0.717, 1.165) is 0 Å². The molecule has 0 aliphatic heterocycles. The summed E-state index contributed by atoms with van der Waals surface area (Å²) in [6, 6.07) is 5.08. The second-order valence-corrected chi connectivity index (χ2v) is 12.6. The van der Waals surface area contributed by atoms with Crippen molar-refractivity contribution in [2.24, 2.45) is 11.7 Å². The van der Waals surface area contributed by atoms with Crippen LogP contribution in [0.2, 0.25) is 0 Å².